The van der Waals surface area contributed by atoms with Gasteiger partial charge >= 0.3 is 5.97 Å². The minimum absolute atomic E-state index is 0.162. The number of allylic oxidation sites excluding steroid dienone is 1. The fraction of sp³-hybridized carbons (Fsp3) is 0.400. The summed E-state index contributed by atoms with van der Waals surface area (Å²) in [6.07, 6.45) is 1.87. The highest BCUT2D eigenvalue weighted by atomic mass is 33.1. The van der Waals surface area contributed by atoms with E-state index < -0.39 is 5.97 Å². The second-order valence-corrected chi connectivity index (χ2v) is 3.50. The molecule has 0 aliphatic carbocycles. The van der Waals surface area contributed by atoms with Crippen molar-refractivity contribution in [1.29, 1.82) is 0 Å². The number of carboxylic acid groups (broad SMARTS) is 1. The maximum Gasteiger partial charge on any atom is 0.314 e. The molecule has 2 nitrogen and oxygen atoms in total. The first kappa shape index (κ1) is 8.91. The molecule has 1 N–H and O–H groups in total. The van der Waals surface area contributed by atoms with Crippen molar-refractivity contribution in [2.75, 3.05) is 5.75 Å². The van der Waals surface area contributed by atoms with E-state index in [1.165, 1.54) is 21.6 Å². The monoisotopic (exact) mass is 164 g/mol. The Balaban J connectivity index is 3.01. The van der Waals surface area contributed by atoms with Gasteiger partial charge in [-0.15, -0.1) is 0 Å². The van der Waals surface area contributed by atoms with E-state index in [1.54, 1.807) is 0 Å². The molecule has 52 valence electrons. The number of carbonyl (C=O) groups is 1. The van der Waals surface area contributed by atoms with Crippen molar-refractivity contribution in [2.24, 2.45) is 0 Å². The zero-order chi connectivity index (χ0) is 7.11. The lowest BCUT2D eigenvalue weighted by Crippen LogP contribution is -1.95. The molecule has 0 saturated heterocycles. The summed E-state index contributed by atoms with van der Waals surface area (Å²) in [4.78, 5) is 9.90. The second kappa shape index (κ2) is 6.04. The second-order valence-electron chi connectivity index (χ2n) is 1.22. The Hall–Kier alpha value is -0.0900. The molecule has 0 aliphatic rings. The van der Waals surface area contributed by atoms with Crippen LogP contribution in [0, 0.1) is 0 Å². The van der Waals surface area contributed by atoms with Gasteiger partial charge in [-0.05, 0) is 12.3 Å². The molecule has 0 saturated carbocycles. The van der Waals surface area contributed by atoms with Gasteiger partial charge in [-0.2, -0.15) is 0 Å². The summed E-state index contributed by atoms with van der Waals surface area (Å²) in [5, 5.41) is 10.0. The molecule has 0 fully saturated rings. The van der Waals surface area contributed by atoms with Gasteiger partial charge in [-0.3, -0.25) is 4.79 Å². The number of hydrogen-bond donors (Lipinski definition) is 1. The molecular weight excluding hydrogens is 156 g/mol. The fourth-order valence-electron chi connectivity index (χ4n) is 0.179. The Morgan fingerprint density at radius 3 is 2.89 bits per heavy atom. The lowest BCUT2D eigenvalue weighted by atomic mass is 10.8. The maximum atomic E-state index is 9.90. The first-order valence-corrected chi connectivity index (χ1v) is 4.77. The Morgan fingerprint density at radius 2 is 2.44 bits per heavy atom. The molecule has 0 aromatic carbocycles. The maximum absolute atomic E-state index is 9.90. The van der Waals surface area contributed by atoms with Crippen molar-refractivity contribution in [3.8, 4) is 0 Å². The predicted octanol–water partition coefficient (Wildman–Crippen LogP) is 1.99. The largest absolute Gasteiger partial charge is 0.481 e. The van der Waals surface area contributed by atoms with Crippen LogP contribution < -0.4 is 0 Å². The Labute approximate surface area is 62.1 Å². The number of rotatable bonds is 4. The molecule has 0 atom stereocenters. The molecule has 0 unspecified atom stereocenters. The minimum Gasteiger partial charge on any atom is -0.481 e. The molecule has 0 bridgehead atoms. The van der Waals surface area contributed by atoms with Gasteiger partial charge in [-0.25, -0.2) is 0 Å². The highest BCUT2D eigenvalue weighted by Crippen LogP contribution is 2.21. The normalized spacial score (nSPS) is 10.3. The van der Waals surface area contributed by atoms with E-state index in [1.807, 2.05) is 18.4 Å². The summed E-state index contributed by atoms with van der Waals surface area (Å²) in [7, 11) is 2.75. The quantitative estimate of drug-likeness (QED) is 0.509. The van der Waals surface area contributed by atoms with Crippen molar-refractivity contribution in [3.63, 3.8) is 0 Å². The topological polar surface area (TPSA) is 37.3 Å². The zero-order valence-electron chi connectivity index (χ0n) is 5.03. The fourth-order valence-corrected chi connectivity index (χ4v) is 1.61. The van der Waals surface area contributed by atoms with Gasteiger partial charge in [0.25, 0.3) is 0 Å². The molecule has 0 heterocycles. The van der Waals surface area contributed by atoms with Crippen molar-refractivity contribution in [1.82, 2.24) is 0 Å². The average molecular weight is 164 g/mol. The Morgan fingerprint density at radius 1 is 1.78 bits per heavy atom. The third kappa shape index (κ3) is 7.91. The predicted molar refractivity (Wildman–Crippen MR) is 42.5 cm³/mol. The molecular formula is C5H8O2S2. The number of aliphatic carboxylic acids is 1. The molecule has 0 radical (unpaired) electrons. The van der Waals surface area contributed by atoms with E-state index in [0.717, 1.165) is 0 Å². The Kier molecular flexibility index (Phi) is 5.98. The highest BCUT2D eigenvalue weighted by Gasteiger charge is 1.93. The van der Waals surface area contributed by atoms with Crippen LogP contribution in [0.25, 0.3) is 0 Å². The van der Waals surface area contributed by atoms with Gasteiger partial charge in [0, 0.05) is 0 Å². The van der Waals surface area contributed by atoms with Crippen LogP contribution in [0.5, 0.6) is 0 Å². The van der Waals surface area contributed by atoms with E-state index >= 15 is 0 Å². The van der Waals surface area contributed by atoms with Gasteiger partial charge < -0.3 is 5.11 Å². The minimum atomic E-state index is -0.767. The van der Waals surface area contributed by atoms with Crippen molar-refractivity contribution in [3.05, 3.63) is 11.5 Å². The van der Waals surface area contributed by atoms with Crippen LogP contribution in [0.4, 0.5) is 0 Å². The smallest absolute Gasteiger partial charge is 0.314 e. The summed E-state index contributed by atoms with van der Waals surface area (Å²) in [6, 6.07) is 0. The molecule has 0 aromatic heterocycles. The highest BCUT2D eigenvalue weighted by molar-refractivity contribution is 8.78. The van der Waals surface area contributed by atoms with Crippen LogP contribution in [0.15, 0.2) is 11.5 Å². The van der Waals surface area contributed by atoms with Gasteiger partial charge in [-0.1, -0.05) is 27.7 Å². The summed E-state index contributed by atoms with van der Waals surface area (Å²) >= 11 is 0. The molecule has 9 heavy (non-hydrogen) atoms. The molecule has 0 aliphatic heterocycles. The average Bonchev–Trinajstić information content (AvgIpc) is 1.80. The van der Waals surface area contributed by atoms with Gasteiger partial charge in [0.2, 0.25) is 0 Å². The van der Waals surface area contributed by atoms with Crippen molar-refractivity contribution < 1.29 is 9.90 Å². The van der Waals surface area contributed by atoms with E-state index in [4.69, 9.17) is 5.11 Å². The summed E-state index contributed by atoms with van der Waals surface area (Å²) in [5.41, 5.74) is 0. The third-order valence-electron chi connectivity index (χ3n) is 0.442. The SMILES string of the molecule is C/C=C/SSCC(=O)O. The van der Waals surface area contributed by atoms with Crippen LogP contribution in [0.1, 0.15) is 6.92 Å². The molecule has 0 spiro atoms. The van der Waals surface area contributed by atoms with E-state index in [9.17, 15) is 4.79 Å². The third-order valence-corrected chi connectivity index (χ3v) is 2.42. The summed E-state index contributed by atoms with van der Waals surface area (Å²) < 4.78 is 0. The Bertz CT molecular complexity index is 112. The summed E-state index contributed by atoms with van der Waals surface area (Å²) in [6.45, 7) is 1.90. The zero-order valence-corrected chi connectivity index (χ0v) is 6.67. The van der Waals surface area contributed by atoms with Crippen LogP contribution in [0.3, 0.4) is 0 Å². The number of carboxylic acids is 1. The van der Waals surface area contributed by atoms with E-state index in [-0.39, 0.29) is 5.75 Å². The van der Waals surface area contributed by atoms with Crippen LogP contribution in [-0.2, 0) is 4.79 Å². The first-order chi connectivity index (χ1) is 4.27. The number of hydrogen-bond acceptors (Lipinski definition) is 3. The van der Waals surface area contributed by atoms with Crippen LogP contribution in [-0.4, -0.2) is 16.8 Å². The summed E-state index contributed by atoms with van der Waals surface area (Å²) in [5.74, 6) is -0.605. The van der Waals surface area contributed by atoms with Gasteiger partial charge in [0.05, 0.1) is 0 Å². The van der Waals surface area contributed by atoms with Gasteiger partial charge in [0.1, 0.15) is 5.75 Å². The first-order valence-electron chi connectivity index (χ1n) is 2.38. The van der Waals surface area contributed by atoms with Crippen LogP contribution >= 0.6 is 21.6 Å². The van der Waals surface area contributed by atoms with Crippen LogP contribution in [0.2, 0.25) is 0 Å². The molecule has 0 aromatic rings. The molecule has 0 rings (SSSR count). The van der Waals surface area contributed by atoms with Crippen molar-refractivity contribution in [2.45, 2.75) is 6.92 Å². The lowest BCUT2D eigenvalue weighted by Gasteiger charge is -1.87. The molecule has 0 amide bonds. The molecule has 4 heteroatoms. The standard InChI is InChI=1S/C5H8O2S2/c1-2-3-8-9-4-5(6)7/h2-3H,4H2,1H3,(H,6,7)/b3-2+. The van der Waals surface area contributed by atoms with E-state index in [2.05, 4.69) is 0 Å². The van der Waals surface area contributed by atoms with Crippen molar-refractivity contribution >= 4 is 27.6 Å². The van der Waals surface area contributed by atoms with Gasteiger partial charge in [0.15, 0.2) is 0 Å². The lowest BCUT2D eigenvalue weighted by molar-refractivity contribution is -0.133. The van der Waals surface area contributed by atoms with E-state index in [0.29, 0.717) is 0 Å².